The van der Waals surface area contributed by atoms with Crippen molar-refractivity contribution in [3.63, 3.8) is 0 Å². The Morgan fingerprint density at radius 3 is 2.25 bits per heavy atom. The number of benzene rings is 3. The molecule has 0 saturated carbocycles. The van der Waals surface area contributed by atoms with Gasteiger partial charge in [0.05, 0.1) is 30.2 Å². The third-order valence-corrected chi connectivity index (χ3v) is 9.64. The number of pyridine rings is 1. The minimum absolute atomic E-state index is 0.153. The van der Waals surface area contributed by atoms with E-state index >= 15 is 0 Å². The Kier molecular flexibility index (Phi) is 15.8. The number of nitriles is 1. The van der Waals surface area contributed by atoms with Crippen molar-refractivity contribution in [2.24, 2.45) is 5.73 Å². The Morgan fingerprint density at radius 1 is 0.927 bits per heavy atom. The zero-order valence-electron chi connectivity index (χ0n) is 31.0. The van der Waals surface area contributed by atoms with E-state index in [4.69, 9.17) is 41.8 Å². The van der Waals surface area contributed by atoms with Gasteiger partial charge in [-0.1, -0.05) is 41.9 Å². The van der Waals surface area contributed by atoms with Crippen LogP contribution in [0.1, 0.15) is 59.1 Å². The number of hydrogen-bond donors (Lipinski definition) is 5. The number of aromatic nitrogens is 1. The van der Waals surface area contributed by atoms with Gasteiger partial charge in [0.1, 0.15) is 36.5 Å². The second-order valence-corrected chi connectivity index (χ2v) is 13.5. The molecule has 14 heteroatoms. The molecule has 0 bridgehead atoms. The number of aliphatic hydroxyl groups is 2. The highest BCUT2D eigenvalue weighted by Gasteiger charge is 2.39. The highest BCUT2D eigenvalue weighted by molar-refractivity contribution is 6.32. The lowest BCUT2D eigenvalue weighted by Crippen LogP contribution is -2.49. The van der Waals surface area contributed by atoms with Gasteiger partial charge in [0.2, 0.25) is 0 Å². The predicted octanol–water partition coefficient (Wildman–Crippen LogP) is 5.64. The molecule has 1 aromatic heterocycles. The molecule has 1 aliphatic rings. The quantitative estimate of drug-likeness (QED) is 0.0875. The number of aliphatic carboxylic acids is 2. The largest absolute Gasteiger partial charge is 0.493 e. The fraction of sp³-hybridized carbons (Fsp3) is 0.366. The maximum atomic E-state index is 11.3. The van der Waals surface area contributed by atoms with Gasteiger partial charge >= 0.3 is 11.9 Å². The van der Waals surface area contributed by atoms with Gasteiger partial charge in [-0.25, -0.2) is 4.79 Å². The lowest BCUT2D eigenvalue weighted by molar-refractivity contribution is -0.163. The van der Waals surface area contributed by atoms with Gasteiger partial charge in [0, 0.05) is 55.8 Å². The van der Waals surface area contributed by atoms with Gasteiger partial charge in [0.15, 0.2) is 5.60 Å². The summed E-state index contributed by atoms with van der Waals surface area (Å²) in [6.07, 6.45) is 4.25. The van der Waals surface area contributed by atoms with Crippen molar-refractivity contribution < 1.29 is 44.2 Å². The Hall–Kier alpha value is -5.23. The lowest BCUT2D eigenvalue weighted by Gasteiger charge is -2.35. The number of hydrogen-bond acceptors (Lipinski definition) is 11. The molecule has 4 aromatic rings. The van der Waals surface area contributed by atoms with Gasteiger partial charge < -0.3 is 45.3 Å². The summed E-state index contributed by atoms with van der Waals surface area (Å²) in [4.78, 5) is 27.0. The molecule has 55 heavy (non-hydrogen) atoms. The van der Waals surface area contributed by atoms with Crippen molar-refractivity contribution in [3.05, 3.63) is 105 Å². The van der Waals surface area contributed by atoms with Crippen LogP contribution < -0.4 is 19.9 Å². The average Bonchev–Trinajstić information content (AvgIpc) is 3.17. The minimum atomic E-state index is -1.61. The number of halogens is 1. The fourth-order valence-corrected chi connectivity index (χ4v) is 6.29. The van der Waals surface area contributed by atoms with Crippen LogP contribution >= 0.6 is 11.6 Å². The molecule has 0 spiro atoms. The molecular formula is C41H47ClN4O9. The van der Waals surface area contributed by atoms with E-state index < -0.39 is 17.5 Å². The minimum Gasteiger partial charge on any atom is -0.493 e. The van der Waals surface area contributed by atoms with Gasteiger partial charge in [-0.3, -0.25) is 9.78 Å². The highest BCUT2D eigenvalue weighted by Crippen LogP contribution is 2.36. The molecule has 1 fully saturated rings. The summed E-state index contributed by atoms with van der Waals surface area (Å²) >= 11 is 6.60. The van der Waals surface area contributed by atoms with Gasteiger partial charge in [-0.2, -0.15) is 5.26 Å². The number of ether oxygens (including phenoxy) is 3. The monoisotopic (exact) mass is 774 g/mol. The molecule has 6 N–H and O–H groups in total. The van der Waals surface area contributed by atoms with Crippen LogP contribution in [-0.4, -0.2) is 80.7 Å². The summed E-state index contributed by atoms with van der Waals surface area (Å²) in [5.74, 6) is -0.278. The van der Waals surface area contributed by atoms with E-state index in [0.29, 0.717) is 41.8 Å². The van der Waals surface area contributed by atoms with Gasteiger partial charge in [-0.15, -0.1) is 0 Å². The van der Waals surface area contributed by atoms with Crippen molar-refractivity contribution in [2.45, 2.75) is 64.9 Å². The predicted molar refractivity (Wildman–Crippen MR) is 206 cm³/mol. The van der Waals surface area contributed by atoms with Gasteiger partial charge in [0.25, 0.3) is 0 Å². The normalized spacial score (nSPS) is 13.5. The zero-order valence-corrected chi connectivity index (χ0v) is 31.7. The van der Waals surface area contributed by atoms with E-state index in [1.54, 1.807) is 24.4 Å². The van der Waals surface area contributed by atoms with E-state index in [0.717, 1.165) is 57.7 Å². The van der Waals surface area contributed by atoms with Crippen LogP contribution in [0.25, 0.3) is 11.1 Å². The number of piperidine rings is 1. The first kappa shape index (κ1) is 42.5. The molecule has 0 radical (unpaired) electrons. The molecule has 1 aliphatic heterocycles. The van der Waals surface area contributed by atoms with Crippen LogP contribution in [0, 0.1) is 25.2 Å². The van der Waals surface area contributed by atoms with Crippen molar-refractivity contribution >= 4 is 23.5 Å². The third-order valence-electron chi connectivity index (χ3n) is 9.34. The third kappa shape index (κ3) is 11.9. The maximum Gasteiger partial charge on any atom is 0.335 e. The zero-order chi connectivity index (χ0) is 40.0. The number of nitrogens with two attached hydrogens (primary N) is 1. The Balaban J connectivity index is 0.00000104. The first-order valence-electron chi connectivity index (χ1n) is 17.8. The molecule has 0 aliphatic carbocycles. The molecule has 3 aromatic carbocycles. The van der Waals surface area contributed by atoms with E-state index in [-0.39, 0.29) is 45.6 Å². The molecule has 292 valence electrons. The number of carboxylic acid groups (broad SMARTS) is 2. The molecule has 2 heterocycles. The van der Waals surface area contributed by atoms with Crippen LogP contribution in [0.15, 0.2) is 67.0 Å². The summed E-state index contributed by atoms with van der Waals surface area (Å²) in [6, 6.07) is 19.5. The SMILES string of the molecule is Cc1c(COc2cc(OCc3cncc(C#N)c3)c(CN)cc2Cl)cccc1-c1cccc(OCCCN2CCC(O)(C(=O)O)CC2)c1C.O=C(O)CCO. The maximum absolute atomic E-state index is 11.3. The summed E-state index contributed by atoms with van der Waals surface area (Å²) < 4.78 is 18.5. The number of aliphatic hydroxyl groups excluding tert-OH is 1. The standard InChI is InChI=1S/C38H41ClN4O6.C3H6O3/c1-25-29(24-49-36-18-35(30(20-41)17-33(36)39)48-23-28-16-27(19-40)21-42-22-28)6-3-7-31(25)32-8-4-9-34(26(32)2)47-15-5-12-43-13-10-38(46,11-14-43)37(44)45;4-2-1-3(5)6/h3-4,6-9,16-18,21-22,46H,5,10-15,20,23-24,41H2,1-2H3,(H,44,45);4H,1-2H2,(H,5,6). The summed E-state index contributed by atoms with van der Waals surface area (Å²) in [7, 11) is 0. The smallest absolute Gasteiger partial charge is 0.335 e. The average molecular weight is 775 g/mol. The second kappa shape index (κ2) is 20.5. The molecular weight excluding hydrogens is 728 g/mol. The molecule has 0 unspecified atom stereocenters. The number of nitrogens with zero attached hydrogens (tertiary/aromatic N) is 3. The lowest BCUT2D eigenvalue weighted by atomic mass is 9.91. The summed E-state index contributed by atoms with van der Waals surface area (Å²) in [6.45, 7) is 6.97. The van der Waals surface area contributed by atoms with Crippen molar-refractivity contribution in [3.8, 4) is 34.4 Å². The van der Waals surface area contributed by atoms with Crippen molar-refractivity contribution in [2.75, 3.05) is 32.8 Å². The molecule has 0 atom stereocenters. The topological polar surface area (TPSA) is 209 Å². The number of carbonyl (C=O) groups is 2. The molecule has 1 saturated heterocycles. The van der Waals surface area contributed by atoms with Crippen molar-refractivity contribution in [1.82, 2.24) is 9.88 Å². The van der Waals surface area contributed by atoms with Crippen LogP contribution in [0.5, 0.6) is 17.2 Å². The van der Waals surface area contributed by atoms with E-state index in [1.165, 1.54) is 6.20 Å². The molecule has 0 amide bonds. The summed E-state index contributed by atoms with van der Waals surface area (Å²) in [5.41, 5.74) is 11.6. The Bertz CT molecular complexity index is 1980. The Morgan fingerprint density at radius 2 is 1.62 bits per heavy atom. The van der Waals surface area contributed by atoms with Crippen molar-refractivity contribution in [1.29, 1.82) is 5.26 Å². The number of likely N-dealkylation sites (tertiary alicyclic amines) is 1. The summed E-state index contributed by atoms with van der Waals surface area (Å²) in [5, 5.41) is 44.6. The number of carboxylic acids is 2. The second-order valence-electron chi connectivity index (χ2n) is 13.1. The van der Waals surface area contributed by atoms with E-state index in [2.05, 4.69) is 41.9 Å². The Labute approximate surface area is 325 Å². The number of rotatable bonds is 16. The van der Waals surface area contributed by atoms with Crippen LogP contribution in [0.4, 0.5) is 0 Å². The van der Waals surface area contributed by atoms with Crippen LogP contribution in [0.3, 0.4) is 0 Å². The first-order valence-corrected chi connectivity index (χ1v) is 18.2. The molecule has 5 rings (SSSR count). The first-order chi connectivity index (χ1) is 26.4. The fourth-order valence-electron chi connectivity index (χ4n) is 6.05. The molecule has 13 nitrogen and oxygen atoms in total. The van der Waals surface area contributed by atoms with Crippen LogP contribution in [0.2, 0.25) is 5.02 Å². The van der Waals surface area contributed by atoms with Crippen LogP contribution in [-0.2, 0) is 29.3 Å². The van der Waals surface area contributed by atoms with E-state index in [1.807, 2.05) is 24.3 Å². The van der Waals surface area contributed by atoms with E-state index in [9.17, 15) is 25.1 Å². The highest BCUT2D eigenvalue weighted by atomic mass is 35.5. The van der Waals surface area contributed by atoms with Gasteiger partial charge in [-0.05, 0) is 79.1 Å².